The monoisotopic (exact) mass is 427 g/mol. The van der Waals surface area contributed by atoms with E-state index in [0.717, 1.165) is 22.9 Å². The Hall–Kier alpha value is -2.40. The number of rotatable bonds is 6. The quantitative estimate of drug-likeness (QED) is 0.545. The molecule has 1 amide bonds. The lowest BCUT2D eigenvalue weighted by Gasteiger charge is -2.27. The van der Waals surface area contributed by atoms with Crippen molar-refractivity contribution in [3.8, 4) is 0 Å². The lowest BCUT2D eigenvalue weighted by molar-refractivity contribution is -0.139. The average molecular weight is 428 g/mol. The Labute approximate surface area is 167 Å². The number of carbonyl (C=O) groups excluding carboxylic acids is 2. The van der Waals surface area contributed by atoms with Gasteiger partial charge in [-0.2, -0.15) is 0 Å². The summed E-state index contributed by atoms with van der Waals surface area (Å²) < 4.78 is 6.42. The van der Waals surface area contributed by atoms with Gasteiger partial charge in [0.05, 0.1) is 12.2 Å². The normalized spacial score (nSPS) is 16.8. The number of ether oxygens (including phenoxy) is 1. The van der Waals surface area contributed by atoms with E-state index in [4.69, 9.17) is 4.74 Å². The van der Waals surface area contributed by atoms with Crippen molar-refractivity contribution < 1.29 is 14.3 Å². The summed E-state index contributed by atoms with van der Waals surface area (Å²) in [6.07, 6.45) is 1.85. The number of halogens is 1. The molecule has 2 aromatic carbocycles. The Kier molecular flexibility index (Phi) is 6.45. The molecule has 1 aliphatic heterocycles. The highest BCUT2D eigenvalue weighted by Gasteiger charge is 2.33. The molecule has 5 heteroatoms. The van der Waals surface area contributed by atoms with Gasteiger partial charge in [0, 0.05) is 22.5 Å². The number of carbonyl (C=O) groups is 2. The van der Waals surface area contributed by atoms with Gasteiger partial charge in [-0.05, 0) is 37.0 Å². The van der Waals surface area contributed by atoms with Gasteiger partial charge in [-0.25, -0.2) is 4.79 Å². The molecule has 1 unspecified atom stereocenters. The molecule has 0 aromatic heterocycles. The molecule has 1 heterocycles. The highest BCUT2D eigenvalue weighted by Crippen LogP contribution is 2.37. The van der Waals surface area contributed by atoms with Crippen LogP contribution in [-0.2, 0) is 20.7 Å². The van der Waals surface area contributed by atoms with Crippen molar-refractivity contribution in [2.75, 3.05) is 6.61 Å². The third-order valence-electron chi connectivity index (χ3n) is 4.66. The minimum atomic E-state index is -0.360. The first-order chi connectivity index (χ1) is 13.1. The van der Waals surface area contributed by atoms with Crippen molar-refractivity contribution in [1.29, 1.82) is 0 Å². The molecule has 1 aliphatic rings. The molecule has 0 aliphatic carbocycles. The van der Waals surface area contributed by atoms with Crippen molar-refractivity contribution in [3.63, 3.8) is 0 Å². The lowest BCUT2D eigenvalue weighted by atomic mass is 9.84. The van der Waals surface area contributed by atoms with E-state index in [1.807, 2.05) is 42.5 Å². The van der Waals surface area contributed by atoms with Gasteiger partial charge in [-0.1, -0.05) is 64.5 Å². The van der Waals surface area contributed by atoms with E-state index in [2.05, 4.69) is 33.4 Å². The third-order valence-corrected chi connectivity index (χ3v) is 5.38. The Balaban J connectivity index is 1.69. The van der Waals surface area contributed by atoms with E-state index >= 15 is 0 Å². The number of aryl methyl sites for hydroxylation is 1. The Morgan fingerprint density at radius 1 is 1.15 bits per heavy atom. The summed E-state index contributed by atoms with van der Waals surface area (Å²) in [4.78, 5) is 24.8. The fraction of sp³-hybridized carbons (Fsp3) is 0.273. The number of esters is 1. The molecule has 0 saturated carbocycles. The highest BCUT2D eigenvalue weighted by atomic mass is 79.9. The lowest BCUT2D eigenvalue weighted by Crippen LogP contribution is -2.34. The van der Waals surface area contributed by atoms with E-state index in [9.17, 15) is 9.59 Å². The van der Waals surface area contributed by atoms with Gasteiger partial charge < -0.3 is 10.1 Å². The predicted octanol–water partition coefficient (Wildman–Crippen LogP) is 4.50. The van der Waals surface area contributed by atoms with Crippen molar-refractivity contribution in [1.82, 2.24) is 5.32 Å². The molecular formula is C22H22BrNO3. The van der Waals surface area contributed by atoms with Crippen LogP contribution in [0.1, 0.15) is 36.8 Å². The second-order valence-corrected chi connectivity index (χ2v) is 7.44. The molecule has 4 nitrogen and oxygen atoms in total. The Bertz CT molecular complexity index is 861. The first-order valence-electron chi connectivity index (χ1n) is 9.02. The van der Waals surface area contributed by atoms with E-state index in [1.165, 1.54) is 5.56 Å². The van der Waals surface area contributed by atoms with Gasteiger partial charge in [0.25, 0.3) is 0 Å². The van der Waals surface area contributed by atoms with Crippen LogP contribution in [0.15, 0.2) is 70.3 Å². The molecule has 0 radical (unpaired) electrons. The van der Waals surface area contributed by atoms with E-state index in [0.29, 0.717) is 17.9 Å². The summed E-state index contributed by atoms with van der Waals surface area (Å²) in [5.74, 6) is -0.758. The molecule has 1 N–H and O–H groups in total. The fourth-order valence-corrected chi connectivity index (χ4v) is 3.92. The number of benzene rings is 2. The minimum Gasteiger partial charge on any atom is -0.462 e. The molecule has 0 saturated heterocycles. The molecular weight excluding hydrogens is 406 g/mol. The number of nitrogens with one attached hydrogen (secondary N) is 1. The summed E-state index contributed by atoms with van der Waals surface area (Å²) >= 11 is 3.53. The number of allylic oxidation sites excluding steroid dienone is 1. The first kappa shape index (κ1) is 19.4. The number of hydrogen-bond donors (Lipinski definition) is 1. The van der Waals surface area contributed by atoms with Crippen LogP contribution in [0.2, 0.25) is 0 Å². The predicted molar refractivity (Wildman–Crippen MR) is 108 cm³/mol. The van der Waals surface area contributed by atoms with E-state index in [-0.39, 0.29) is 24.2 Å². The highest BCUT2D eigenvalue weighted by molar-refractivity contribution is 9.10. The van der Waals surface area contributed by atoms with Crippen molar-refractivity contribution in [2.45, 2.75) is 32.1 Å². The molecule has 140 valence electrons. The first-order valence-corrected chi connectivity index (χ1v) is 9.81. The molecule has 0 spiro atoms. The largest absolute Gasteiger partial charge is 0.462 e. The molecule has 2 aromatic rings. The molecule has 0 fully saturated rings. The van der Waals surface area contributed by atoms with Crippen LogP contribution in [0.25, 0.3) is 0 Å². The molecule has 0 bridgehead atoms. The second-order valence-electron chi connectivity index (χ2n) is 6.59. The smallest absolute Gasteiger partial charge is 0.336 e. The Morgan fingerprint density at radius 3 is 2.59 bits per heavy atom. The van der Waals surface area contributed by atoms with Crippen LogP contribution >= 0.6 is 15.9 Å². The van der Waals surface area contributed by atoms with Crippen molar-refractivity contribution in [2.24, 2.45) is 0 Å². The average Bonchev–Trinajstić information content (AvgIpc) is 2.65. The maximum absolute atomic E-state index is 12.8. The number of amides is 1. The maximum atomic E-state index is 12.8. The summed E-state index contributed by atoms with van der Waals surface area (Å²) in [6, 6.07) is 17.8. The van der Waals surface area contributed by atoms with E-state index < -0.39 is 0 Å². The summed E-state index contributed by atoms with van der Waals surface area (Å²) in [5.41, 5.74) is 3.24. The second kappa shape index (κ2) is 9.00. The molecule has 27 heavy (non-hydrogen) atoms. The topological polar surface area (TPSA) is 55.4 Å². The van der Waals surface area contributed by atoms with Gasteiger partial charge in [-0.15, -0.1) is 0 Å². The molecule has 1 atom stereocenters. The van der Waals surface area contributed by atoms with Crippen LogP contribution in [0, 0.1) is 0 Å². The zero-order chi connectivity index (χ0) is 19.2. The summed E-state index contributed by atoms with van der Waals surface area (Å²) in [7, 11) is 0. The van der Waals surface area contributed by atoms with Crippen LogP contribution in [0.5, 0.6) is 0 Å². The standard InChI is InChI=1S/C22H22BrNO3/c1-15-21(22(26)27-13-7-10-16-8-3-2-4-9-16)18(14-20(25)24-15)17-11-5-6-12-19(17)23/h2-6,8-9,11-12,18H,7,10,13-14H2,1H3,(H,24,25). The van der Waals surface area contributed by atoms with Crippen LogP contribution in [-0.4, -0.2) is 18.5 Å². The zero-order valence-electron chi connectivity index (χ0n) is 15.2. The SMILES string of the molecule is CC1=C(C(=O)OCCCc2ccccc2)C(c2ccccc2Br)CC(=O)N1. The summed E-state index contributed by atoms with van der Waals surface area (Å²) in [5, 5.41) is 2.77. The van der Waals surface area contributed by atoms with Gasteiger partial charge >= 0.3 is 5.97 Å². The van der Waals surface area contributed by atoms with Gasteiger partial charge in [0.2, 0.25) is 5.91 Å². The van der Waals surface area contributed by atoms with Gasteiger partial charge in [0.15, 0.2) is 0 Å². The minimum absolute atomic E-state index is 0.0890. The number of hydrogen-bond acceptors (Lipinski definition) is 3. The summed E-state index contributed by atoms with van der Waals surface area (Å²) in [6.45, 7) is 2.10. The van der Waals surface area contributed by atoms with Gasteiger partial charge in [-0.3, -0.25) is 4.79 Å². The van der Waals surface area contributed by atoms with E-state index in [1.54, 1.807) is 6.92 Å². The Morgan fingerprint density at radius 2 is 1.85 bits per heavy atom. The van der Waals surface area contributed by atoms with Gasteiger partial charge in [0.1, 0.15) is 0 Å². The molecule has 3 rings (SSSR count). The zero-order valence-corrected chi connectivity index (χ0v) is 16.8. The fourth-order valence-electron chi connectivity index (χ4n) is 3.36. The van der Waals surface area contributed by atoms with Crippen LogP contribution in [0.3, 0.4) is 0 Å². The van der Waals surface area contributed by atoms with Crippen molar-refractivity contribution >= 4 is 27.8 Å². The maximum Gasteiger partial charge on any atom is 0.336 e. The van der Waals surface area contributed by atoms with Crippen LogP contribution in [0.4, 0.5) is 0 Å². The van der Waals surface area contributed by atoms with Crippen molar-refractivity contribution in [3.05, 3.63) is 81.5 Å². The van der Waals surface area contributed by atoms with Crippen LogP contribution < -0.4 is 5.32 Å². The third kappa shape index (κ3) is 4.86.